The number of hydrogen-bond donors (Lipinski definition) is 1. The van der Waals surface area contributed by atoms with Gasteiger partial charge in [-0.05, 0) is 6.28 Å². The van der Waals surface area contributed by atoms with Crippen LogP contribution in [-0.4, -0.2) is 0 Å². The summed E-state index contributed by atoms with van der Waals surface area (Å²) in [6, 6.07) is 0. The highest BCUT2D eigenvalue weighted by atomic mass is 127. The van der Waals surface area contributed by atoms with E-state index in [1.807, 2.05) is 0 Å². The molecule has 0 bridgehead atoms. The van der Waals surface area contributed by atoms with Crippen LogP contribution in [0.3, 0.4) is 0 Å². The Kier molecular flexibility index (Phi) is 4.21. The van der Waals surface area contributed by atoms with Gasteiger partial charge >= 0.3 is 0 Å². The lowest BCUT2D eigenvalue weighted by Gasteiger charge is -1.63. The van der Waals surface area contributed by atoms with Gasteiger partial charge in [-0.3, -0.25) is 0 Å². The normalized spacial score (nSPS) is 15.5. The predicted molar refractivity (Wildman–Crippen MR) is 38.7 cm³/mol. The van der Waals surface area contributed by atoms with E-state index in [0.29, 0.717) is 0 Å². The Labute approximate surface area is 46.9 Å². The smallest absolute Gasteiger partial charge is 0.00463 e. The van der Waals surface area contributed by atoms with Crippen LogP contribution in [0.1, 0.15) is 0 Å². The fourth-order valence-corrected chi connectivity index (χ4v) is 0. The zero-order valence-electron chi connectivity index (χ0n) is 1.73. The van der Waals surface area contributed by atoms with Crippen molar-refractivity contribution in [3.8, 4) is 0 Å². The Hall–Kier alpha value is 1.73. The first kappa shape index (κ1) is 5.73. The van der Waals surface area contributed by atoms with E-state index in [4.69, 9.17) is 0 Å². The van der Waals surface area contributed by atoms with Crippen molar-refractivity contribution in [1.82, 2.24) is 0 Å². The van der Waals surface area contributed by atoms with Crippen molar-refractivity contribution >= 4 is 47.2 Å². The van der Waals surface area contributed by atoms with Crippen LogP contribution in [0.5, 0.6) is 0 Å². The molecule has 26 valence electrons. The number of thiol groups is 1. The third-order valence-corrected chi connectivity index (χ3v) is 0. The fraction of sp³-hybridized carbons (Fsp3) is 0. The van der Waals surface area contributed by atoms with E-state index in [0.717, 1.165) is 0 Å². The summed E-state index contributed by atoms with van der Waals surface area (Å²) in [6.07, 6.45) is 0.109. The van der Waals surface area contributed by atoms with Crippen molar-refractivity contribution in [2.24, 2.45) is 0 Å². The van der Waals surface area contributed by atoms with Crippen LogP contribution in [0, 0.1) is 0 Å². The van der Waals surface area contributed by atoms with Crippen LogP contribution in [-0.2, 0) is 6.28 Å². The van der Waals surface area contributed by atoms with E-state index in [1.165, 1.54) is 0 Å². The molecule has 0 aliphatic carbocycles. The summed E-state index contributed by atoms with van der Waals surface area (Å²) in [6.45, 7) is 0. The molecule has 0 amide bonds. The summed E-state index contributed by atoms with van der Waals surface area (Å²) >= 11 is 6.04. The first-order chi connectivity index (χ1) is 1.73. The molecule has 1 atom stereocenters. The minimum atomic E-state index is 0.109. The van der Waals surface area contributed by atoms with E-state index in [2.05, 4.69) is 40.9 Å². The standard InChI is InChI=1S/H2IPS2/c1-4(2)3/h2-3H. The van der Waals surface area contributed by atoms with Crippen molar-refractivity contribution in [1.29, 1.82) is 0 Å². The van der Waals surface area contributed by atoms with Gasteiger partial charge in [0.1, 0.15) is 0 Å². The van der Waals surface area contributed by atoms with Crippen LogP contribution in [0.15, 0.2) is 0 Å². The van der Waals surface area contributed by atoms with Crippen LogP contribution >= 0.6 is 40.9 Å². The lowest BCUT2D eigenvalue weighted by molar-refractivity contribution is 6.03. The maximum absolute atomic E-state index is 3.89. The van der Waals surface area contributed by atoms with Gasteiger partial charge in [-0.15, -0.1) is 11.7 Å². The van der Waals surface area contributed by atoms with Gasteiger partial charge in [-0.1, -0.05) is 8.02 Å². The highest BCUT2D eigenvalue weighted by Crippen LogP contribution is 2.03. The third kappa shape index (κ3) is 9.29. The molecule has 0 spiro atoms. The molecule has 0 saturated carbocycles. The average molecular weight is 224 g/mol. The average Bonchev–Trinajstić information content (AvgIpc) is 0.811. The Morgan fingerprint density at radius 1 is 2.00 bits per heavy atom. The molecule has 0 aromatic heterocycles. The van der Waals surface area contributed by atoms with Crippen molar-refractivity contribution in [2.45, 2.75) is 0 Å². The largest absolute Gasteiger partial charge is 0.103 e. The van der Waals surface area contributed by atoms with Gasteiger partial charge in [0.2, 0.25) is 0 Å². The van der Waals surface area contributed by atoms with Crippen molar-refractivity contribution in [3.63, 3.8) is 0 Å². The zero-order valence-corrected chi connectivity index (χ0v) is 6.60. The van der Waals surface area contributed by atoms with Crippen LogP contribution in [0.25, 0.3) is 0 Å². The maximum Gasteiger partial charge on any atom is 0.00463 e. The van der Waals surface area contributed by atoms with Gasteiger partial charge in [0, 0.05) is 21.2 Å². The van der Waals surface area contributed by atoms with Gasteiger partial charge in [-0.25, -0.2) is 0 Å². The molecular formula is H2IPS2. The first-order valence-electron chi connectivity index (χ1n) is 0.541. The summed E-state index contributed by atoms with van der Waals surface area (Å²) in [4.78, 5) is 0. The van der Waals surface area contributed by atoms with E-state index in [9.17, 15) is 0 Å². The third-order valence-electron chi connectivity index (χ3n) is 0. The van der Waals surface area contributed by atoms with Crippen molar-refractivity contribution in [3.05, 3.63) is 0 Å². The molecule has 0 aromatic carbocycles. The summed E-state index contributed by atoms with van der Waals surface area (Å²) < 4.78 is 0. The summed E-state index contributed by atoms with van der Waals surface area (Å²) in [5.41, 5.74) is 0. The minimum Gasteiger partial charge on any atom is -0.103 e. The van der Waals surface area contributed by atoms with Crippen LogP contribution < -0.4 is 0 Å². The van der Waals surface area contributed by atoms with Crippen molar-refractivity contribution < 1.29 is 0 Å². The fourth-order valence-electron chi connectivity index (χ4n) is 0. The Bertz CT molecular complexity index is 29.0. The molecule has 4 heavy (non-hydrogen) atoms. The molecule has 0 rings (SSSR count). The van der Waals surface area contributed by atoms with Gasteiger partial charge in [0.05, 0.1) is 0 Å². The Morgan fingerprint density at radius 3 is 2.00 bits per heavy atom. The second-order valence-corrected chi connectivity index (χ2v) is 11.3. The molecule has 4 heteroatoms. The summed E-state index contributed by atoms with van der Waals surface area (Å²) in [5, 5.41) is 0. The number of rotatable bonds is 0. The van der Waals surface area contributed by atoms with Crippen molar-refractivity contribution in [2.75, 3.05) is 0 Å². The first-order valence-corrected chi connectivity index (χ1v) is 6.59. The second kappa shape index (κ2) is 2.94. The Balaban J connectivity index is 2.80. The summed E-state index contributed by atoms with van der Waals surface area (Å²) in [7, 11) is 3.19. The molecule has 0 heterocycles. The SMILES string of the molecule is P=S(S)I. The molecule has 0 radical (unpaired) electrons. The van der Waals surface area contributed by atoms with E-state index < -0.39 is 0 Å². The maximum atomic E-state index is 3.89. The van der Waals surface area contributed by atoms with E-state index in [1.54, 1.807) is 0 Å². The van der Waals surface area contributed by atoms with Gasteiger partial charge in [-0.2, -0.15) is 0 Å². The topological polar surface area (TPSA) is 0 Å². The Morgan fingerprint density at radius 2 is 2.00 bits per heavy atom. The minimum absolute atomic E-state index is 0.109. The van der Waals surface area contributed by atoms with Crippen LogP contribution in [0.4, 0.5) is 0 Å². The number of halogens is 1. The molecule has 0 N–H and O–H groups in total. The van der Waals surface area contributed by atoms with E-state index in [-0.39, 0.29) is 6.28 Å². The second-order valence-electron chi connectivity index (χ2n) is 0.237. The van der Waals surface area contributed by atoms with Gasteiger partial charge in [0.25, 0.3) is 0 Å². The number of hydrogen-bond acceptors (Lipinski definition) is 0. The monoisotopic (exact) mass is 224 g/mol. The molecule has 0 aliphatic rings. The summed E-state index contributed by atoms with van der Waals surface area (Å²) in [5.74, 6) is 0. The van der Waals surface area contributed by atoms with Gasteiger partial charge < -0.3 is 0 Å². The molecule has 0 saturated heterocycles. The highest BCUT2D eigenvalue weighted by molar-refractivity contribution is 14.2. The molecule has 0 aromatic rings. The molecule has 0 fully saturated rings. The van der Waals surface area contributed by atoms with Gasteiger partial charge in [0.15, 0.2) is 0 Å². The molecule has 1 unspecified atom stereocenters. The highest BCUT2D eigenvalue weighted by Gasteiger charge is 1.53. The predicted octanol–water partition coefficient (Wildman–Crippen LogP) is 1.86. The van der Waals surface area contributed by atoms with E-state index >= 15 is 0 Å². The molecule has 0 aliphatic heterocycles. The lowest BCUT2D eigenvalue weighted by Crippen LogP contribution is -1.24. The zero-order chi connectivity index (χ0) is 3.58. The van der Waals surface area contributed by atoms with Crippen LogP contribution in [0.2, 0.25) is 0 Å². The lowest BCUT2D eigenvalue weighted by atomic mass is 30.5. The molecular weight excluding hydrogens is 222 g/mol. The molecule has 0 nitrogen and oxygen atoms in total. The quantitative estimate of drug-likeness (QED) is 0.276.